The van der Waals surface area contributed by atoms with Crippen LogP contribution in [-0.2, 0) is 5.75 Å². The standard InChI is InChI=1S/C18H23N5O2S/c1-12-3-4-14(9-16(12)23-7-5-20-18(23)25)17(24)19-6-8-26-10-15-13(2)21-11-22-15/h3-4,9,11H,5-8,10H2,1-2H3,(H,19,24)(H,20,25)(H,21,22). The number of aromatic nitrogens is 2. The van der Waals surface area contributed by atoms with E-state index in [9.17, 15) is 9.59 Å². The molecule has 138 valence electrons. The molecule has 3 N–H and O–H groups in total. The second-order valence-electron chi connectivity index (χ2n) is 6.17. The number of rotatable bonds is 7. The fraction of sp³-hybridized carbons (Fsp3) is 0.389. The number of carbonyl (C=O) groups is 2. The van der Waals surface area contributed by atoms with Crippen molar-refractivity contribution in [3.63, 3.8) is 0 Å². The Balaban J connectivity index is 1.51. The summed E-state index contributed by atoms with van der Waals surface area (Å²) in [6, 6.07) is 5.35. The summed E-state index contributed by atoms with van der Waals surface area (Å²) >= 11 is 1.73. The normalized spacial score (nSPS) is 13.8. The maximum atomic E-state index is 12.4. The first-order valence-corrected chi connectivity index (χ1v) is 9.72. The lowest BCUT2D eigenvalue weighted by Crippen LogP contribution is -2.29. The molecule has 7 nitrogen and oxygen atoms in total. The number of hydrogen-bond donors (Lipinski definition) is 3. The molecule has 0 aliphatic carbocycles. The van der Waals surface area contributed by atoms with Crippen LogP contribution in [0.3, 0.4) is 0 Å². The molecular weight excluding hydrogens is 350 g/mol. The van der Waals surface area contributed by atoms with Gasteiger partial charge in [-0.2, -0.15) is 11.8 Å². The molecule has 1 aromatic carbocycles. The minimum atomic E-state index is -0.123. The largest absolute Gasteiger partial charge is 0.351 e. The molecule has 1 aliphatic rings. The molecule has 2 heterocycles. The maximum Gasteiger partial charge on any atom is 0.322 e. The zero-order valence-corrected chi connectivity index (χ0v) is 15.8. The first-order valence-electron chi connectivity index (χ1n) is 8.57. The van der Waals surface area contributed by atoms with Crippen LogP contribution in [0.2, 0.25) is 0 Å². The van der Waals surface area contributed by atoms with E-state index in [0.29, 0.717) is 25.2 Å². The molecule has 1 saturated heterocycles. The Kier molecular flexibility index (Phi) is 5.82. The third kappa shape index (κ3) is 4.19. The van der Waals surface area contributed by atoms with Crippen molar-refractivity contribution in [2.75, 3.05) is 30.3 Å². The summed E-state index contributed by atoms with van der Waals surface area (Å²) in [5.74, 6) is 1.51. The monoisotopic (exact) mass is 373 g/mol. The highest BCUT2D eigenvalue weighted by molar-refractivity contribution is 7.98. The van der Waals surface area contributed by atoms with Gasteiger partial charge in [-0.1, -0.05) is 6.07 Å². The van der Waals surface area contributed by atoms with Gasteiger partial charge in [-0.3, -0.25) is 9.69 Å². The molecular formula is C18H23N5O2S. The first-order chi connectivity index (χ1) is 12.6. The summed E-state index contributed by atoms with van der Waals surface area (Å²) in [5, 5.41) is 5.72. The van der Waals surface area contributed by atoms with Crippen molar-refractivity contribution in [3.05, 3.63) is 47.0 Å². The summed E-state index contributed by atoms with van der Waals surface area (Å²) < 4.78 is 0. The van der Waals surface area contributed by atoms with Crippen molar-refractivity contribution in [1.82, 2.24) is 20.6 Å². The van der Waals surface area contributed by atoms with Crippen LogP contribution in [0.25, 0.3) is 0 Å². The second-order valence-corrected chi connectivity index (χ2v) is 7.27. The summed E-state index contributed by atoms with van der Waals surface area (Å²) in [6.07, 6.45) is 1.70. The lowest BCUT2D eigenvalue weighted by Gasteiger charge is -2.18. The summed E-state index contributed by atoms with van der Waals surface area (Å²) in [5.41, 5.74) is 4.46. The number of hydrogen-bond acceptors (Lipinski definition) is 4. The van der Waals surface area contributed by atoms with Crippen molar-refractivity contribution in [2.45, 2.75) is 19.6 Å². The molecule has 0 bridgehead atoms. The SMILES string of the molecule is Cc1ccc(C(=O)NCCSCc2nc[nH]c2C)cc1N1CCNC1=O. The van der Waals surface area contributed by atoms with Gasteiger partial charge in [0.2, 0.25) is 0 Å². The van der Waals surface area contributed by atoms with Gasteiger partial charge in [0.1, 0.15) is 0 Å². The number of nitrogens with zero attached hydrogens (tertiary/aromatic N) is 2. The predicted octanol–water partition coefficient (Wildman–Crippen LogP) is 2.22. The number of carbonyl (C=O) groups excluding carboxylic acids is 2. The lowest BCUT2D eigenvalue weighted by molar-refractivity contribution is 0.0956. The van der Waals surface area contributed by atoms with Crippen LogP contribution in [0.4, 0.5) is 10.5 Å². The van der Waals surface area contributed by atoms with Crippen LogP contribution >= 0.6 is 11.8 Å². The zero-order valence-electron chi connectivity index (χ0n) is 15.0. The number of thioether (sulfide) groups is 1. The molecule has 3 rings (SSSR count). The molecule has 26 heavy (non-hydrogen) atoms. The maximum absolute atomic E-state index is 12.4. The predicted molar refractivity (Wildman–Crippen MR) is 104 cm³/mol. The van der Waals surface area contributed by atoms with E-state index in [0.717, 1.165) is 34.1 Å². The van der Waals surface area contributed by atoms with Crippen LogP contribution in [0.1, 0.15) is 27.3 Å². The van der Waals surface area contributed by atoms with Gasteiger partial charge < -0.3 is 15.6 Å². The van der Waals surface area contributed by atoms with Gasteiger partial charge in [-0.15, -0.1) is 0 Å². The van der Waals surface area contributed by atoms with Crippen molar-refractivity contribution >= 4 is 29.4 Å². The van der Waals surface area contributed by atoms with E-state index < -0.39 is 0 Å². The number of H-pyrrole nitrogens is 1. The van der Waals surface area contributed by atoms with E-state index in [2.05, 4.69) is 20.6 Å². The highest BCUT2D eigenvalue weighted by Crippen LogP contribution is 2.23. The molecule has 1 fully saturated rings. The average molecular weight is 373 g/mol. The minimum Gasteiger partial charge on any atom is -0.351 e. The van der Waals surface area contributed by atoms with Gasteiger partial charge in [0.05, 0.1) is 12.0 Å². The van der Waals surface area contributed by atoms with Crippen molar-refractivity contribution in [1.29, 1.82) is 0 Å². The van der Waals surface area contributed by atoms with E-state index in [-0.39, 0.29) is 11.9 Å². The van der Waals surface area contributed by atoms with E-state index in [1.165, 1.54) is 0 Å². The van der Waals surface area contributed by atoms with Gasteiger partial charge in [-0.05, 0) is 31.5 Å². The van der Waals surface area contributed by atoms with Gasteiger partial charge in [0.25, 0.3) is 5.91 Å². The fourth-order valence-electron chi connectivity index (χ4n) is 2.78. The Labute approximate surface area is 157 Å². The fourth-order valence-corrected chi connectivity index (χ4v) is 3.66. The number of urea groups is 1. The molecule has 0 unspecified atom stereocenters. The highest BCUT2D eigenvalue weighted by atomic mass is 32.2. The Morgan fingerprint density at radius 2 is 2.23 bits per heavy atom. The van der Waals surface area contributed by atoms with E-state index in [1.807, 2.05) is 19.9 Å². The molecule has 0 radical (unpaired) electrons. The number of benzene rings is 1. The van der Waals surface area contributed by atoms with Crippen LogP contribution < -0.4 is 15.5 Å². The topological polar surface area (TPSA) is 90.1 Å². The van der Waals surface area contributed by atoms with Crippen molar-refractivity contribution in [3.8, 4) is 0 Å². The second kappa shape index (κ2) is 8.27. The number of aryl methyl sites for hydroxylation is 2. The number of aromatic amines is 1. The third-order valence-electron chi connectivity index (χ3n) is 4.32. The van der Waals surface area contributed by atoms with Crippen molar-refractivity contribution < 1.29 is 9.59 Å². The van der Waals surface area contributed by atoms with Crippen LogP contribution in [0.5, 0.6) is 0 Å². The Morgan fingerprint density at radius 3 is 2.92 bits per heavy atom. The Bertz CT molecular complexity index is 805. The van der Waals surface area contributed by atoms with Gasteiger partial charge in [0.15, 0.2) is 0 Å². The molecule has 0 saturated carbocycles. The molecule has 1 aromatic heterocycles. The van der Waals surface area contributed by atoms with Gasteiger partial charge in [0, 0.05) is 48.1 Å². The molecule has 0 atom stereocenters. The van der Waals surface area contributed by atoms with Gasteiger partial charge in [-0.25, -0.2) is 9.78 Å². The van der Waals surface area contributed by atoms with Gasteiger partial charge >= 0.3 is 6.03 Å². The van der Waals surface area contributed by atoms with Crippen LogP contribution in [0.15, 0.2) is 24.5 Å². The molecule has 2 aromatic rings. The molecule has 8 heteroatoms. The smallest absolute Gasteiger partial charge is 0.322 e. The highest BCUT2D eigenvalue weighted by Gasteiger charge is 2.23. The summed E-state index contributed by atoms with van der Waals surface area (Å²) in [7, 11) is 0. The van der Waals surface area contributed by atoms with Crippen LogP contribution in [-0.4, -0.2) is 47.3 Å². The molecule has 1 aliphatic heterocycles. The Morgan fingerprint density at radius 1 is 1.38 bits per heavy atom. The van der Waals surface area contributed by atoms with E-state index in [1.54, 1.807) is 35.1 Å². The summed E-state index contributed by atoms with van der Waals surface area (Å²) in [4.78, 5) is 33.3. The molecule has 3 amide bonds. The minimum absolute atomic E-state index is 0.115. The third-order valence-corrected chi connectivity index (χ3v) is 5.29. The van der Waals surface area contributed by atoms with E-state index in [4.69, 9.17) is 0 Å². The van der Waals surface area contributed by atoms with E-state index >= 15 is 0 Å². The number of amides is 3. The summed E-state index contributed by atoms with van der Waals surface area (Å²) in [6.45, 7) is 5.77. The Hall–Kier alpha value is -2.48. The van der Waals surface area contributed by atoms with Crippen molar-refractivity contribution in [2.24, 2.45) is 0 Å². The quantitative estimate of drug-likeness (QED) is 0.649. The molecule has 0 spiro atoms. The number of anilines is 1. The zero-order chi connectivity index (χ0) is 18.5. The number of imidazole rings is 1. The van der Waals surface area contributed by atoms with Crippen LogP contribution in [0, 0.1) is 13.8 Å². The number of nitrogens with one attached hydrogen (secondary N) is 3. The first kappa shape index (κ1) is 18.3. The average Bonchev–Trinajstić information content (AvgIpc) is 3.23. The lowest BCUT2D eigenvalue weighted by atomic mass is 10.1.